The summed E-state index contributed by atoms with van der Waals surface area (Å²) in [4.78, 5) is 69.2. The maximum atomic E-state index is 13.8. The van der Waals surface area contributed by atoms with Crippen molar-refractivity contribution in [2.75, 3.05) is 27.3 Å². The average molecular weight is 868 g/mol. The Bertz CT molecular complexity index is 2470. The largest absolute Gasteiger partial charge is 0.453 e. The zero-order chi connectivity index (χ0) is 44.8. The second-order valence-corrected chi connectivity index (χ2v) is 19.0. The number of aromatic amines is 1. The predicted octanol–water partition coefficient (Wildman–Crippen LogP) is 9.21. The molecule has 2 saturated heterocycles. The Kier molecular flexibility index (Phi) is 12.1. The van der Waals surface area contributed by atoms with Crippen LogP contribution in [0.2, 0.25) is 0 Å². The number of benzene rings is 3. The van der Waals surface area contributed by atoms with E-state index in [4.69, 9.17) is 19.5 Å². The van der Waals surface area contributed by atoms with Gasteiger partial charge in [-0.15, -0.1) is 0 Å². The van der Waals surface area contributed by atoms with Crippen molar-refractivity contribution in [1.29, 1.82) is 0 Å². The summed E-state index contributed by atoms with van der Waals surface area (Å²) >= 11 is 0. The highest BCUT2D eigenvalue weighted by Crippen LogP contribution is 2.55. The van der Waals surface area contributed by atoms with Crippen molar-refractivity contribution in [3.63, 3.8) is 0 Å². The molecule has 4 aromatic rings. The Labute approximate surface area is 375 Å². The number of ether oxygens (including phenoxy) is 2. The number of carbonyl (C=O) groups excluding carboxylic acids is 4. The van der Waals surface area contributed by atoms with E-state index in [9.17, 15) is 19.2 Å². The summed E-state index contributed by atoms with van der Waals surface area (Å²) in [5, 5.41) is 5.50. The number of aromatic nitrogens is 2. The molecule has 4 amide bonds. The lowest BCUT2D eigenvalue weighted by molar-refractivity contribution is -0.135. The molecule has 0 radical (unpaired) electrons. The molecule has 10 rings (SSSR count). The molecule has 3 aromatic carbocycles. The van der Waals surface area contributed by atoms with Gasteiger partial charge < -0.3 is 34.9 Å². The van der Waals surface area contributed by atoms with Gasteiger partial charge in [-0.2, -0.15) is 0 Å². The molecule has 2 bridgehead atoms. The van der Waals surface area contributed by atoms with Crippen LogP contribution in [0.3, 0.4) is 0 Å². The van der Waals surface area contributed by atoms with E-state index in [1.165, 1.54) is 67.7 Å². The van der Waals surface area contributed by atoms with Crippen molar-refractivity contribution in [2.24, 2.45) is 16.8 Å². The molecule has 64 heavy (non-hydrogen) atoms. The summed E-state index contributed by atoms with van der Waals surface area (Å²) in [6.07, 6.45) is 9.61. The number of nitrogens with zero attached hydrogens (tertiary/aromatic N) is 4. The topological polar surface area (TPSA) is 158 Å². The van der Waals surface area contributed by atoms with Crippen LogP contribution in [0.25, 0.3) is 33.5 Å². The molecule has 13 heteroatoms. The molecule has 336 valence electrons. The predicted molar refractivity (Wildman–Crippen MR) is 246 cm³/mol. The van der Waals surface area contributed by atoms with Crippen LogP contribution in [0.5, 0.6) is 0 Å². The lowest BCUT2D eigenvalue weighted by Gasteiger charge is -2.41. The third kappa shape index (κ3) is 8.06. The van der Waals surface area contributed by atoms with E-state index in [1.807, 2.05) is 43.7 Å². The second-order valence-electron chi connectivity index (χ2n) is 19.0. The molecule has 4 heterocycles. The van der Waals surface area contributed by atoms with E-state index in [0.29, 0.717) is 31.3 Å². The summed E-state index contributed by atoms with van der Waals surface area (Å²) in [6.45, 7) is 8.98. The van der Waals surface area contributed by atoms with Crippen molar-refractivity contribution in [3.05, 3.63) is 83.3 Å². The van der Waals surface area contributed by atoms with E-state index < -0.39 is 24.3 Å². The third-order valence-corrected chi connectivity index (χ3v) is 14.5. The van der Waals surface area contributed by atoms with Gasteiger partial charge in [0.1, 0.15) is 17.9 Å². The summed E-state index contributed by atoms with van der Waals surface area (Å²) in [5.74, 6) is 1.40. The minimum Gasteiger partial charge on any atom is -0.453 e. The van der Waals surface area contributed by atoms with Crippen LogP contribution in [0.1, 0.15) is 119 Å². The van der Waals surface area contributed by atoms with Gasteiger partial charge >= 0.3 is 12.2 Å². The van der Waals surface area contributed by atoms with Gasteiger partial charge in [-0.05, 0) is 126 Å². The zero-order valence-electron chi connectivity index (χ0n) is 37.9. The van der Waals surface area contributed by atoms with Gasteiger partial charge in [0.2, 0.25) is 11.8 Å². The Balaban J connectivity index is 0.931. The molecule has 4 atom stereocenters. The van der Waals surface area contributed by atoms with Crippen LogP contribution in [-0.4, -0.2) is 94.9 Å². The molecule has 3 aliphatic carbocycles. The highest BCUT2D eigenvalue weighted by molar-refractivity contribution is 6.01. The van der Waals surface area contributed by atoms with E-state index in [-0.39, 0.29) is 35.7 Å². The molecule has 1 saturated carbocycles. The van der Waals surface area contributed by atoms with Gasteiger partial charge in [0.25, 0.3) is 0 Å². The number of hydrogen-bond donors (Lipinski definition) is 3. The molecular formula is C51H61N7O6. The van der Waals surface area contributed by atoms with Crippen molar-refractivity contribution in [2.45, 2.75) is 121 Å². The molecule has 2 unspecified atom stereocenters. The van der Waals surface area contributed by atoms with E-state index in [1.54, 1.807) is 0 Å². The van der Waals surface area contributed by atoms with Gasteiger partial charge in [-0.1, -0.05) is 70.2 Å². The molecule has 0 spiro atoms. The van der Waals surface area contributed by atoms with Gasteiger partial charge in [0.05, 0.1) is 43.9 Å². The van der Waals surface area contributed by atoms with Crippen molar-refractivity contribution >= 4 is 35.4 Å². The maximum Gasteiger partial charge on any atom is 0.407 e. The molecular weight excluding hydrogens is 807 g/mol. The number of aliphatic imine (C=N–C) groups is 1. The minimum atomic E-state index is -0.681. The molecule has 3 aliphatic heterocycles. The van der Waals surface area contributed by atoms with Crippen molar-refractivity contribution < 1.29 is 28.7 Å². The number of imidazole rings is 1. The number of rotatable bonds is 11. The fraction of sp³-hybridized carbons (Fsp3) is 0.490. The van der Waals surface area contributed by atoms with E-state index in [0.717, 1.165) is 65.3 Å². The number of amides is 4. The lowest BCUT2D eigenvalue weighted by atomic mass is 9.64. The van der Waals surface area contributed by atoms with Crippen LogP contribution >= 0.6 is 0 Å². The summed E-state index contributed by atoms with van der Waals surface area (Å²) in [6, 6.07) is 18.4. The molecule has 13 nitrogen and oxygen atoms in total. The molecule has 6 aliphatic rings. The highest BCUT2D eigenvalue weighted by atomic mass is 16.5. The first-order valence-corrected chi connectivity index (χ1v) is 23.3. The van der Waals surface area contributed by atoms with E-state index in [2.05, 4.69) is 70.2 Å². The molecule has 3 N–H and O–H groups in total. The summed E-state index contributed by atoms with van der Waals surface area (Å²) in [5.41, 5.74) is 13.0. The van der Waals surface area contributed by atoms with Crippen LogP contribution in [0.15, 0.2) is 65.8 Å². The average Bonchev–Trinajstić information content (AvgIpc) is 4.16. The van der Waals surface area contributed by atoms with Crippen molar-refractivity contribution in [1.82, 2.24) is 30.4 Å². The Hall–Kier alpha value is -5.98. The van der Waals surface area contributed by atoms with Crippen LogP contribution in [-0.2, 0) is 25.5 Å². The fourth-order valence-corrected chi connectivity index (χ4v) is 11.2. The molecule has 3 fully saturated rings. The Morgan fingerprint density at radius 2 is 1.20 bits per heavy atom. The summed E-state index contributed by atoms with van der Waals surface area (Å²) in [7, 11) is 2.62. The zero-order valence-corrected chi connectivity index (χ0v) is 37.9. The van der Waals surface area contributed by atoms with Gasteiger partial charge in [0.15, 0.2) is 0 Å². The number of H-pyrrole nitrogens is 1. The maximum absolute atomic E-state index is 13.8. The third-order valence-electron chi connectivity index (χ3n) is 14.5. The SMILES string of the molecule is COC(=O)N[C@H](C(=O)N1CCCC1C1=Nc2ccc(-c3ccc(-c4ccc(-c5cnc(C6CCCN6C(=O)[C@@H](NC(=O)OC)C(C)C)[nH]5)c5c4C4CCC5CC4)cc3)cc2C1)C(C)C. The quantitative estimate of drug-likeness (QED) is 0.136. The lowest BCUT2D eigenvalue weighted by Crippen LogP contribution is -2.53. The normalized spacial score (nSPS) is 22.0. The number of fused-ring (bicyclic) bond motifs is 3. The Morgan fingerprint density at radius 3 is 1.80 bits per heavy atom. The highest BCUT2D eigenvalue weighted by Gasteiger charge is 2.41. The first-order chi connectivity index (χ1) is 30.9. The summed E-state index contributed by atoms with van der Waals surface area (Å²) < 4.78 is 9.64. The number of likely N-dealkylation sites (tertiary alicyclic amines) is 2. The standard InChI is InChI=1S/C51H61N7O6/c1-28(2)45(55-50(61)63-5)48(59)57-23-7-9-41(57)39-26-35-25-34(19-22-38(35)53-39)30-11-13-31(14-12-30)36-20-21-37(44-33-17-15-32(16-18-33)43(36)44)40-27-52-47(54-40)42-10-8-24-58(42)49(60)46(29(3)4)56-51(62)64-6/h11-14,19-22,25,27-29,32-33,41-42,45-46H,7-10,15-18,23-24,26H2,1-6H3,(H,52,54)(H,55,61)(H,56,62)/t32?,33?,41?,42?,45-,46-/m0/s1. The monoisotopic (exact) mass is 867 g/mol. The molecule has 1 aromatic heterocycles. The number of alkyl carbamates (subject to hydrolysis) is 2. The smallest absolute Gasteiger partial charge is 0.407 e. The van der Waals surface area contributed by atoms with Gasteiger partial charge in [-0.3, -0.25) is 14.6 Å². The first-order valence-electron chi connectivity index (χ1n) is 23.3. The Morgan fingerprint density at radius 1 is 0.672 bits per heavy atom. The van der Waals surface area contributed by atoms with Crippen LogP contribution in [0, 0.1) is 11.8 Å². The van der Waals surface area contributed by atoms with E-state index >= 15 is 0 Å². The fourth-order valence-electron chi connectivity index (χ4n) is 11.2. The van der Waals surface area contributed by atoms with Crippen LogP contribution < -0.4 is 10.6 Å². The van der Waals surface area contributed by atoms with Crippen molar-refractivity contribution in [3.8, 4) is 33.5 Å². The second kappa shape index (κ2) is 17.9. The number of methoxy groups -OCH3 is 2. The number of nitrogens with one attached hydrogen (secondary N) is 3. The van der Waals surface area contributed by atoms with Crippen LogP contribution in [0.4, 0.5) is 15.3 Å². The van der Waals surface area contributed by atoms with Gasteiger partial charge in [0, 0.05) is 30.8 Å². The number of hydrogen-bond acceptors (Lipinski definition) is 8. The van der Waals surface area contributed by atoms with Gasteiger partial charge in [-0.25, -0.2) is 14.6 Å². The first kappa shape index (κ1) is 43.3. The number of carbonyl (C=O) groups is 4. The minimum absolute atomic E-state index is 0.0847.